The maximum Gasteiger partial charge on any atom is 0.331 e. The first-order valence-corrected chi connectivity index (χ1v) is 7.19. The molecule has 1 fully saturated rings. The van der Waals surface area contributed by atoms with Crippen molar-refractivity contribution < 1.29 is 9.53 Å². The minimum Gasteiger partial charge on any atom is -0.451 e. The molecule has 21 heavy (non-hydrogen) atoms. The second-order valence-corrected chi connectivity index (χ2v) is 5.81. The Kier molecular flexibility index (Phi) is 6.43. The van der Waals surface area contributed by atoms with Crippen LogP contribution in [0.25, 0.3) is 0 Å². The summed E-state index contributed by atoms with van der Waals surface area (Å²) in [6, 6.07) is 10.4. The van der Waals surface area contributed by atoms with Crippen molar-refractivity contribution in [2.45, 2.75) is 45.3 Å². The van der Waals surface area contributed by atoms with E-state index < -0.39 is 5.60 Å². The van der Waals surface area contributed by atoms with E-state index in [0.29, 0.717) is 6.04 Å². The predicted molar refractivity (Wildman–Crippen MR) is 87.6 cm³/mol. The molecule has 0 spiro atoms. The SMILES string of the molecule is CC(C)=CC(=O)OC1(c2ccccc2)CCNC(C)C1.Cl. The molecule has 0 aliphatic carbocycles. The minimum absolute atomic E-state index is 0. The lowest BCUT2D eigenvalue weighted by molar-refractivity contribution is -0.159. The number of piperidine rings is 1. The molecule has 1 N–H and O–H groups in total. The molecule has 2 unspecified atom stereocenters. The number of carbonyl (C=O) groups is 1. The Balaban J connectivity index is 0.00000220. The first-order valence-electron chi connectivity index (χ1n) is 7.19. The van der Waals surface area contributed by atoms with Gasteiger partial charge in [0.1, 0.15) is 5.60 Å². The van der Waals surface area contributed by atoms with Gasteiger partial charge in [0.05, 0.1) is 0 Å². The van der Waals surface area contributed by atoms with Gasteiger partial charge in [-0.25, -0.2) is 4.79 Å². The monoisotopic (exact) mass is 309 g/mol. The van der Waals surface area contributed by atoms with Gasteiger partial charge >= 0.3 is 5.97 Å². The number of rotatable bonds is 3. The first kappa shape index (κ1) is 17.7. The molecular weight excluding hydrogens is 286 g/mol. The number of carbonyl (C=O) groups excluding carboxylic acids is 1. The van der Waals surface area contributed by atoms with Gasteiger partial charge in [0, 0.05) is 25.0 Å². The highest BCUT2D eigenvalue weighted by atomic mass is 35.5. The Morgan fingerprint density at radius 2 is 2.00 bits per heavy atom. The standard InChI is InChI=1S/C17H23NO2.ClH/c1-13(2)11-16(19)20-17(9-10-18-14(3)12-17)15-7-5-4-6-8-15;/h4-8,11,14,18H,9-10,12H2,1-3H3;1H. The van der Waals surface area contributed by atoms with Crippen LogP contribution in [0.4, 0.5) is 0 Å². The van der Waals surface area contributed by atoms with Crippen molar-refractivity contribution in [3.63, 3.8) is 0 Å². The van der Waals surface area contributed by atoms with Crippen molar-refractivity contribution in [2.24, 2.45) is 0 Å². The Morgan fingerprint density at radius 1 is 1.33 bits per heavy atom. The largest absolute Gasteiger partial charge is 0.451 e. The smallest absolute Gasteiger partial charge is 0.331 e. The molecule has 2 rings (SSSR count). The Hall–Kier alpha value is -1.32. The van der Waals surface area contributed by atoms with Crippen LogP contribution >= 0.6 is 12.4 Å². The summed E-state index contributed by atoms with van der Waals surface area (Å²) in [6.07, 6.45) is 3.18. The molecule has 1 saturated heterocycles. The fourth-order valence-electron chi connectivity index (χ4n) is 2.80. The van der Waals surface area contributed by atoms with Gasteiger partial charge in [-0.1, -0.05) is 35.9 Å². The van der Waals surface area contributed by atoms with Crippen molar-refractivity contribution in [1.29, 1.82) is 0 Å². The first-order chi connectivity index (χ1) is 9.52. The van der Waals surface area contributed by atoms with Crippen LogP contribution in [0.3, 0.4) is 0 Å². The summed E-state index contributed by atoms with van der Waals surface area (Å²) in [5, 5.41) is 3.41. The van der Waals surface area contributed by atoms with Crippen molar-refractivity contribution in [2.75, 3.05) is 6.54 Å². The summed E-state index contributed by atoms with van der Waals surface area (Å²) >= 11 is 0. The van der Waals surface area contributed by atoms with E-state index in [9.17, 15) is 4.79 Å². The van der Waals surface area contributed by atoms with Crippen molar-refractivity contribution in [3.8, 4) is 0 Å². The minimum atomic E-state index is -0.505. The zero-order valence-corrected chi connectivity index (χ0v) is 13.7. The van der Waals surface area contributed by atoms with Crippen molar-refractivity contribution >= 4 is 18.4 Å². The van der Waals surface area contributed by atoms with Gasteiger partial charge in [0.25, 0.3) is 0 Å². The second-order valence-electron chi connectivity index (χ2n) is 5.81. The highest BCUT2D eigenvalue weighted by Gasteiger charge is 2.39. The average molecular weight is 310 g/mol. The summed E-state index contributed by atoms with van der Waals surface area (Å²) in [5.41, 5.74) is 1.54. The van der Waals surface area contributed by atoms with Crippen LogP contribution < -0.4 is 5.32 Å². The number of allylic oxidation sites excluding steroid dienone is 1. The molecule has 0 aromatic heterocycles. The van der Waals surface area contributed by atoms with Gasteiger partial charge in [0.15, 0.2) is 0 Å². The molecule has 1 heterocycles. The molecule has 2 atom stereocenters. The molecule has 116 valence electrons. The van der Waals surface area contributed by atoms with E-state index in [4.69, 9.17) is 4.74 Å². The quantitative estimate of drug-likeness (QED) is 0.685. The average Bonchev–Trinajstić information content (AvgIpc) is 2.38. The number of nitrogens with one attached hydrogen (secondary N) is 1. The van der Waals surface area contributed by atoms with Gasteiger partial charge in [0.2, 0.25) is 0 Å². The Bertz CT molecular complexity index is 497. The summed E-state index contributed by atoms with van der Waals surface area (Å²) in [7, 11) is 0. The maximum absolute atomic E-state index is 12.1. The zero-order valence-electron chi connectivity index (χ0n) is 12.9. The van der Waals surface area contributed by atoms with Crippen LogP contribution in [0.1, 0.15) is 39.2 Å². The highest BCUT2D eigenvalue weighted by Crippen LogP contribution is 2.36. The molecule has 0 saturated carbocycles. The Labute approximate surface area is 133 Å². The van der Waals surface area contributed by atoms with E-state index in [1.165, 1.54) is 0 Å². The lowest BCUT2D eigenvalue weighted by Gasteiger charge is -2.40. The Morgan fingerprint density at radius 3 is 2.57 bits per heavy atom. The van der Waals surface area contributed by atoms with Crippen LogP contribution in [-0.4, -0.2) is 18.6 Å². The molecule has 1 aromatic carbocycles. The van der Waals surface area contributed by atoms with Gasteiger partial charge in [-0.3, -0.25) is 0 Å². The molecule has 0 amide bonds. The van der Waals surface area contributed by atoms with E-state index in [2.05, 4.69) is 12.2 Å². The van der Waals surface area contributed by atoms with E-state index in [1.807, 2.05) is 44.2 Å². The van der Waals surface area contributed by atoms with E-state index in [0.717, 1.165) is 30.5 Å². The fourth-order valence-corrected chi connectivity index (χ4v) is 2.80. The van der Waals surface area contributed by atoms with Gasteiger partial charge in [-0.2, -0.15) is 0 Å². The number of benzene rings is 1. The van der Waals surface area contributed by atoms with E-state index in [1.54, 1.807) is 6.08 Å². The number of ether oxygens (including phenoxy) is 1. The van der Waals surface area contributed by atoms with Gasteiger partial charge in [-0.15, -0.1) is 12.4 Å². The molecule has 1 aliphatic heterocycles. The number of hydrogen-bond donors (Lipinski definition) is 1. The molecule has 0 bridgehead atoms. The normalized spacial score (nSPS) is 24.6. The molecular formula is C17H24ClNO2. The molecule has 3 nitrogen and oxygen atoms in total. The highest BCUT2D eigenvalue weighted by molar-refractivity contribution is 5.85. The lowest BCUT2D eigenvalue weighted by Crippen LogP contribution is -2.47. The van der Waals surface area contributed by atoms with Gasteiger partial charge in [-0.05, 0) is 32.9 Å². The van der Waals surface area contributed by atoms with Crippen molar-refractivity contribution in [1.82, 2.24) is 5.32 Å². The summed E-state index contributed by atoms with van der Waals surface area (Å²) in [5.74, 6) is -0.247. The van der Waals surface area contributed by atoms with Crippen LogP contribution in [-0.2, 0) is 15.1 Å². The zero-order chi connectivity index (χ0) is 14.6. The van der Waals surface area contributed by atoms with E-state index >= 15 is 0 Å². The molecule has 0 radical (unpaired) electrons. The van der Waals surface area contributed by atoms with Crippen LogP contribution in [0.15, 0.2) is 42.0 Å². The van der Waals surface area contributed by atoms with Crippen LogP contribution in [0.5, 0.6) is 0 Å². The second kappa shape index (κ2) is 7.62. The third kappa shape index (κ3) is 4.58. The third-order valence-electron chi connectivity index (χ3n) is 3.66. The predicted octanol–water partition coefficient (Wildman–Crippen LogP) is 3.59. The number of esters is 1. The number of hydrogen-bond acceptors (Lipinski definition) is 3. The maximum atomic E-state index is 12.1. The summed E-state index contributed by atoms with van der Waals surface area (Å²) in [4.78, 5) is 12.1. The number of halogens is 1. The summed E-state index contributed by atoms with van der Waals surface area (Å²) < 4.78 is 5.89. The molecule has 1 aromatic rings. The lowest BCUT2D eigenvalue weighted by atomic mass is 9.82. The van der Waals surface area contributed by atoms with Crippen molar-refractivity contribution in [3.05, 3.63) is 47.5 Å². The topological polar surface area (TPSA) is 38.3 Å². The van der Waals surface area contributed by atoms with E-state index in [-0.39, 0.29) is 18.4 Å². The molecule has 4 heteroatoms. The van der Waals surface area contributed by atoms with Crippen LogP contribution in [0, 0.1) is 0 Å². The van der Waals surface area contributed by atoms with Crippen LogP contribution in [0.2, 0.25) is 0 Å². The molecule has 1 aliphatic rings. The van der Waals surface area contributed by atoms with Gasteiger partial charge < -0.3 is 10.1 Å². The third-order valence-corrected chi connectivity index (χ3v) is 3.66. The summed E-state index contributed by atoms with van der Waals surface area (Å²) in [6.45, 7) is 6.80. The fraction of sp³-hybridized carbons (Fsp3) is 0.471.